The van der Waals surface area contributed by atoms with Gasteiger partial charge in [0, 0.05) is 18.7 Å². The van der Waals surface area contributed by atoms with Gasteiger partial charge in [0.25, 0.3) is 5.91 Å². The van der Waals surface area contributed by atoms with Gasteiger partial charge in [0.15, 0.2) is 0 Å². The third-order valence-electron chi connectivity index (χ3n) is 4.32. The number of nitrogens with zero attached hydrogens (tertiary/aromatic N) is 1. The maximum Gasteiger partial charge on any atom is 0.253 e. The minimum absolute atomic E-state index is 0.0390. The van der Waals surface area contributed by atoms with E-state index in [1.165, 1.54) is 6.07 Å². The van der Waals surface area contributed by atoms with Crippen molar-refractivity contribution in [2.24, 2.45) is 11.1 Å². The van der Waals surface area contributed by atoms with E-state index in [1.807, 2.05) is 0 Å². The van der Waals surface area contributed by atoms with Crippen LogP contribution in [0.3, 0.4) is 0 Å². The number of nitrogens with two attached hydrogens (primary N) is 1. The number of sulfonamides is 1. The number of carbonyl (C=O) groups is 1. The van der Waals surface area contributed by atoms with Crippen molar-refractivity contribution in [3.8, 4) is 0 Å². The molecule has 5 nitrogen and oxygen atoms in total. The molecule has 1 aliphatic heterocycles. The predicted octanol–water partition coefficient (Wildman–Crippen LogP) is 1.82. The highest BCUT2D eigenvalue weighted by atomic mass is 32.2. The van der Waals surface area contributed by atoms with E-state index < -0.39 is 10.0 Å². The van der Waals surface area contributed by atoms with Gasteiger partial charge in [-0.05, 0) is 49.4 Å². The molecule has 2 rings (SSSR count). The van der Waals surface area contributed by atoms with Crippen LogP contribution in [0.15, 0.2) is 17.0 Å². The summed E-state index contributed by atoms with van der Waals surface area (Å²) < 4.78 is 23.3. The second-order valence-electron chi connectivity index (χ2n) is 5.78. The van der Waals surface area contributed by atoms with E-state index >= 15 is 0 Å². The van der Waals surface area contributed by atoms with Crippen LogP contribution in [-0.4, -0.2) is 32.3 Å². The zero-order chi connectivity index (χ0) is 15.8. The minimum atomic E-state index is -3.82. The summed E-state index contributed by atoms with van der Waals surface area (Å²) in [4.78, 5) is 14.4. The highest BCUT2D eigenvalue weighted by Gasteiger charge is 2.27. The molecule has 1 aliphatic rings. The van der Waals surface area contributed by atoms with Crippen molar-refractivity contribution in [1.82, 2.24) is 4.90 Å². The molecule has 116 valence electrons. The second kappa shape index (κ2) is 5.77. The van der Waals surface area contributed by atoms with Crippen LogP contribution in [0, 0.1) is 19.8 Å². The number of hydrogen-bond acceptors (Lipinski definition) is 3. The van der Waals surface area contributed by atoms with Crippen molar-refractivity contribution < 1.29 is 13.2 Å². The standard InChI is InChI=1S/C15H22N2O3S/c1-4-12-5-6-17(9-12)15(18)13-7-10(2)11(3)14(8-13)21(16,19)20/h7-8,12H,4-6,9H2,1-3H3,(H2,16,19,20). The molecule has 21 heavy (non-hydrogen) atoms. The Labute approximate surface area is 126 Å². The fraction of sp³-hybridized carbons (Fsp3) is 0.533. The van der Waals surface area contributed by atoms with Crippen molar-refractivity contribution >= 4 is 15.9 Å². The molecule has 0 aromatic heterocycles. The van der Waals surface area contributed by atoms with Crippen molar-refractivity contribution in [3.63, 3.8) is 0 Å². The maximum absolute atomic E-state index is 12.5. The van der Waals surface area contributed by atoms with E-state index in [0.29, 0.717) is 17.0 Å². The van der Waals surface area contributed by atoms with Gasteiger partial charge < -0.3 is 4.90 Å². The molecule has 0 aliphatic carbocycles. The first kappa shape index (κ1) is 16.0. The van der Waals surface area contributed by atoms with Crippen LogP contribution in [0.25, 0.3) is 0 Å². The van der Waals surface area contributed by atoms with Gasteiger partial charge in [-0.25, -0.2) is 13.6 Å². The van der Waals surface area contributed by atoms with Gasteiger partial charge in [-0.3, -0.25) is 4.79 Å². The molecule has 1 aromatic carbocycles. The summed E-state index contributed by atoms with van der Waals surface area (Å²) in [6, 6.07) is 3.14. The number of aryl methyl sites for hydroxylation is 1. The second-order valence-corrected chi connectivity index (χ2v) is 7.31. The molecular weight excluding hydrogens is 288 g/mol. The van der Waals surface area contributed by atoms with Gasteiger partial charge in [0.1, 0.15) is 0 Å². The van der Waals surface area contributed by atoms with Crippen LogP contribution in [0.1, 0.15) is 41.3 Å². The monoisotopic (exact) mass is 310 g/mol. The summed E-state index contributed by atoms with van der Waals surface area (Å²) in [5.41, 5.74) is 1.76. The SMILES string of the molecule is CCC1CCN(C(=O)c2cc(C)c(C)c(S(N)(=O)=O)c2)C1. The van der Waals surface area contributed by atoms with E-state index in [1.54, 1.807) is 24.8 Å². The zero-order valence-corrected chi connectivity index (χ0v) is 13.5. The summed E-state index contributed by atoms with van der Waals surface area (Å²) in [6.07, 6.45) is 2.06. The van der Waals surface area contributed by atoms with Gasteiger partial charge in [0.05, 0.1) is 4.90 Å². The average molecular weight is 310 g/mol. The molecule has 2 N–H and O–H groups in total. The van der Waals surface area contributed by atoms with Crippen LogP contribution >= 0.6 is 0 Å². The molecule has 0 radical (unpaired) electrons. The molecule has 1 aromatic rings. The topological polar surface area (TPSA) is 80.5 Å². The molecule has 1 atom stereocenters. The molecule has 1 amide bonds. The number of benzene rings is 1. The van der Waals surface area contributed by atoms with E-state index in [9.17, 15) is 13.2 Å². The van der Waals surface area contributed by atoms with Crippen molar-refractivity contribution in [3.05, 3.63) is 28.8 Å². The lowest BCUT2D eigenvalue weighted by molar-refractivity contribution is 0.0786. The van der Waals surface area contributed by atoms with Gasteiger partial charge in [-0.15, -0.1) is 0 Å². The minimum Gasteiger partial charge on any atom is -0.338 e. The molecule has 0 saturated carbocycles. The normalized spacial score (nSPS) is 19.0. The van der Waals surface area contributed by atoms with Crippen LogP contribution in [0.2, 0.25) is 0 Å². The summed E-state index contributed by atoms with van der Waals surface area (Å²) in [5.74, 6) is 0.428. The number of hydrogen-bond donors (Lipinski definition) is 1. The number of primary sulfonamides is 1. The van der Waals surface area contributed by atoms with Crippen LogP contribution in [0.5, 0.6) is 0 Å². The molecule has 1 unspecified atom stereocenters. The van der Waals surface area contributed by atoms with Crippen LogP contribution < -0.4 is 5.14 Å². The number of amides is 1. The molecule has 1 saturated heterocycles. The predicted molar refractivity (Wildman–Crippen MR) is 81.6 cm³/mol. The summed E-state index contributed by atoms with van der Waals surface area (Å²) >= 11 is 0. The Kier molecular flexibility index (Phi) is 4.39. The third kappa shape index (κ3) is 3.27. The first-order chi connectivity index (χ1) is 9.74. The highest BCUT2D eigenvalue weighted by molar-refractivity contribution is 7.89. The van der Waals surface area contributed by atoms with Crippen LogP contribution in [0.4, 0.5) is 0 Å². The molecule has 0 spiro atoms. The Bertz CT molecular complexity index is 668. The van der Waals surface area contributed by atoms with Gasteiger partial charge >= 0.3 is 0 Å². The Morgan fingerprint density at radius 2 is 2.05 bits per heavy atom. The molecule has 0 bridgehead atoms. The van der Waals surface area contributed by atoms with Crippen LogP contribution in [-0.2, 0) is 10.0 Å². The average Bonchev–Trinajstić information content (AvgIpc) is 2.88. The van der Waals surface area contributed by atoms with Gasteiger partial charge in [-0.1, -0.05) is 13.3 Å². The fourth-order valence-corrected chi connectivity index (χ4v) is 3.66. The van der Waals surface area contributed by atoms with E-state index in [-0.39, 0.29) is 10.8 Å². The lowest BCUT2D eigenvalue weighted by Gasteiger charge is -2.18. The summed E-state index contributed by atoms with van der Waals surface area (Å²) in [5, 5.41) is 5.24. The van der Waals surface area contributed by atoms with Gasteiger partial charge in [0.2, 0.25) is 10.0 Å². The largest absolute Gasteiger partial charge is 0.338 e. The van der Waals surface area contributed by atoms with Crippen molar-refractivity contribution in [1.29, 1.82) is 0 Å². The van der Waals surface area contributed by atoms with E-state index in [2.05, 4.69) is 6.92 Å². The van der Waals surface area contributed by atoms with Gasteiger partial charge in [-0.2, -0.15) is 0 Å². The van der Waals surface area contributed by atoms with Crippen molar-refractivity contribution in [2.75, 3.05) is 13.1 Å². The quantitative estimate of drug-likeness (QED) is 0.924. The molecule has 1 heterocycles. The van der Waals surface area contributed by atoms with E-state index in [0.717, 1.165) is 31.5 Å². The third-order valence-corrected chi connectivity index (χ3v) is 5.36. The Morgan fingerprint density at radius 1 is 1.38 bits per heavy atom. The molecular formula is C15H22N2O3S. The zero-order valence-electron chi connectivity index (χ0n) is 12.7. The number of rotatable bonds is 3. The first-order valence-corrected chi connectivity index (χ1v) is 8.72. The Balaban J connectivity index is 2.37. The fourth-order valence-electron chi connectivity index (χ4n) is 2.78. The number of likely N-dealkylation sites (tertiary alicyclic amines) is 1. The number of carbonyl (C=O) groups excluding carboxylic acids is 1. The lowest BCUT2D eigenvalue weighted by Crippen LogP contribution is -2.29. The smallest absolute Gasteiger partial charge is 0.253 e. The van der Waals surface area contributed by atoms with Crippen molar-refractivity contribution in [2.45, 2.75) is 38.5 Å². The lowest BCUT2D eigenvalue weighted by atomic mass is 10.1. The summed E-state index contributed by atoms with van der Waals surface area (Å²) in [6.45, 7) is 7.08. The Morgan fingerprint density at radius 3 is 2.57 bits per heavy atom. The first-order valence-electron chi connectivity index (χ1n) is 7.17. The van der Waals surface area contributed by atoms with E-state index in [4.69, 9.17) is 5.14 Å². The molecule has 6 heteroatoms. The Hall–Kier alpha value is -1.40. The molecule has 1 fully saturated rings. The highest BCUT2D eigenvalue weighted by Crippen LogP contribution is 2.24. The summed E-state index contributed by atoms with van der Waals surface area (Å²) in [7, 11) is -3.82. The maximum atomic E-state index is 12.5.